The highest BCUT2D eigenvalue weighted by Gasteiger charge is 2.06. The van der Waals surface area contributed by atoms with Crippen molar-refractivity contribution in [1.82, 2.24) is 15.0 Å². The molecule has 20 heavy (non-hydrogen) atoms. The predicted octanol–water partition coefficient (Wildman–Crippen LogP) is 0.980. The lowest BCUT2D eigenvalue weighted by molar-refractivity contribution is -0.116. The number of rotatable bonds is 6. The van der Waals surface area contributed by atoms with Gasteiger partial charge >= 0.3 is 0 Å². The molecule has 0 unspecified atom stereocenters. The van der Waals surface area contributed by atoms with Crippen LogP contribution in [0, 0.1) is 0 Å². The summed E-state index contributed by atoms with van der Waals surface area (Å²) in [6, 6.07) is 7.81. The van der Waals surface area contributed by atoms with E-state index in [1.54, 1.807) is 6.20 Å². The van der Waals surface area contributed by atoms with Crippen molar-refractivity contribution in [3.05, 3.63) is 41.7 Å². The molecule has 3 N–H and O–H groups in total. The summed E-state index contributed by atoms with van der Waals surface area (Å²) in [5, 5.41) is 10.7. The van der Waals surface area contributed by atoms with Crippen LogP contribution in [0.5, 0.6) is 0 Å². The zero-order valence-electron chi connectivity index (χ0n) is 11.5. The van der Waals surface area contributed by atoms with Gasteiger partial charge in [-0.05, 0) is 30.7 Å². The predicted molar refractivity (Wildman–Crippen MR) is 77.2 cm³/mol. The average Bonchev–Trinajstić information content (AvgIpc) is 2.87. The molecular weight excluding hydrogens is 254 g/mol. The van der Waals surface area contributed by atoms with Crippen LogP contribution in [-0.2, 0) is 24.2 Å². The Morgan fingerprint density at radius 2 is 2.10 bits per heavy atom. The lowest BCUT2D eigenvalue weighted by Gasteiger charge is -2.05. The molecule has 0 saturated carbocycles. The first-order valence-corrected chi connectivity index (χ1v) is 6.69. The number of carbonyl (C=O) groups is 1. The summed E-state index contributed by atoms with van der Waals surface area (Å²) in [5.74, 6) is -0.126. The molecule has 6 nitrogen and oxygen atoms in total. The highest BCUT2D eigenvalue weighted by Crippen LogP contribution is 2.10. The van der Waals surface area contributed by atoms with E-state index in [-0.39, 0.29) is 12.5 Å². The smallest absolute Gasteiger partial charge is 0.246 e. The van der Waals surface area contributed by atoms with Crippen LogP contribution in [-0.4, -0.2) is 27.4 Å². The second kappa shape index (κ2) is 6.81. The van der Waals surface area contributed by atoms with Gasteiger partial charge in [0.2, 0.25) is 5.91 Å². The van der Waals surface area contributed by atoms with E-state index >= 15 is 0 Å². The van der Waals surface area contributed by atoms with Gasteiger partial charge in [0, 0.05) is 18.3 Å². The minimum absolute atomic E-state index is 0.126. The molecule has 6 heteroatoms. The van der Waals surface area contributed by atoms with Crippen LogP contribution in [0.1, 0.15) is 18.2 Å². The van der Waals surface area contributed by atoms with E-state index in [0.29, 0.717) is 13.0 Å². The van der Waals surface area contributed by atoms with Crippen molar-refractivity contribution < 1.29 is 4.79 Å². The first-order valence-electron chi connectivity index (χ1n) is 6.69. The number of nitrogens with zero attached hydrogens (tertiary/aromatic N) is 3. The fraction of sp³-hybridized carbons (Fsp3) is 0.357. The minimum Gasteiger partial charge on any atom is -0.330 e. The molecule has 1 heterocycles. The zero-order chi connectivity index (χ0) is 14.4. The van der Waals surface area contributed by atoms with Crippen molar-refractivity contribution in [3.8, 4) is 0 Å². The van der Waals surface area contributed by atoms with Gasteiger partial charge in [-0.1, -0.05) is 24.3 Å². The molecule has 1 amide bonds. The van der Waals surface area contributed by atoms with Gasteiger partial charge in [-0.2, -0.15) is 0 Å². The third kappa shape index (κ3) is 3.89. The summed E-state index contributed by atoms with van der Waals surface area (Å²) in [4.78, 5) is 11.9. The van der Waals surface area contributed by atoms with Gasteiger partial charge in [0.15, 0.2) is 0 Å². The number of aryl methyl sites for hydroxylation is 1. The summed E-state index contributed by atoms with van der Waals surface area (Å²) in [6.45, 7) is 2.76. The number of benzene rings is 1. The molecule has 0 spiro atoms. The Morgan fingerprint density at radius 3 is 2.75 bits per heavy atom. The Hall–Kier alpha value is -2.21. The van der Waals surface area contributed by atoms with Crippen LogP contribution < -0.4 is 11.1 Å². The average molecular weight is 273 g/mol. The van der Waals surface area contributed by atoms with Crippen LogP contribution >= 0.6 is 0 Å². The molecule has 0 aliphatic heterocycles. The van der Waals surface area contributed by atoms with Crippen LogP contribution in [0.15, 0.2) is 30.5 Å². The van der Waals surface area contributed by atoms with Crippen LogP contribution in [0.3, 0.4) is 0 Å². The number of hydrogen-bond acceptors (Lipinski definition) is 4. The molecule has 106 valence electrons. The summed E-state index contributed by atoms with van der Waals surface area (Å²) < 4.78 is 1.51. The minimum atomic E-state index is -0.126. The van der Waals surface area contributed by atoms with Crippen LogP contribution in [0.25, 0.3) is 0 Å². The van der Waals surface area contributed by atoms with Crippen molar-refractivity contribution in [2.75, 3.05) is 11.9 Å². The third-order valence-corrected chi connectivity index (χ3v) is 2.94. The van der Waals surface area contributed by atoms with Gasteiger partial charge in [0.25, 0.3) is 0 Å². The standard InChI is InChI=1S/C14H19N5O/c1-2-11-3-5-12(6-4-11)16-14(20)10-19-9-13(7-8-15)17-18-19/h3-6,9H,2,7-8,10,15H2,1H3,(H,16,20). The molecule has 0 aliphatic rings. The van der Waals surface area contributed by atoms with Crippen molar-refractivity contribution in [3.63, 3.8) is 0 Å². The highest BCUT2D eigenvalue weighted by atomic mass is 16.2. The molecular formula is C14H19N5O. The van der Waals surface area contributed by atoms with Crippen molar-refractivity contribution in [2.24, 2.45) is 5.73 Å². The lowest BCUT2D eigenvalue weighted by atomic mass is 10.1. The van der Waals surface area contributed by atoms with Crippen molar-refractivity contribution >= 4 is 11.6 Å². The Labute approximate surface area is 118 Å². The lowest BCUT2D eigenvalue weighted by Crippen LogP contribution is -2.19. The van der Waals surface area contributed by atoms with E-state index in [1.807, 2.05) is 24.3 Å². The monoisotopic (exact) mass is 273 g/mol. The Morgan fingerprint density at radius 1 is 1.35 bits per heavy atom. The van der Waals surface area contributed by atoms with Gasteiger partial charge in [-0.15, -0.1) is 5.10 Å². The topological polar surface area (TPSA) is 85.8 Å². The largest absolute Gasteiger partial charge is 0.330 e. The van der Waals surface area contributed by atoms with Crippen molar-refractivity contribution in [2.45, 2.75) is 26.3 Å². The van der Waals surface area contributed by atoms with E-state index in [4.69, 9.17) is 5.73 Å². The summed E-state index contributed by atoms with van der Waals surface area (Å²) in [6.07, 6.45) is 3.39. The summed E-state index contributed by atoms with van der Waals surface area (Å²) in [5.41, 5.74) is 8.27. The van der Waals surface area contributed by atoms with E-state index in [1.165, 1.54) is 10.2 Å². The van der Waals surface area contributed by atoms with Crippen molar-refractivity contribution in [1.29, 1.82) is 0 Å². The number of nitrogens with one attached hydrogen (secondary N) is 1. The Bertz CT molecular complexity index is 561. The van der Waals surface area contributed by atoms with Crippen LogP contribution in [0.4, 0.5) is 5.69 Å². The number of aromatic nitrogens is 3. The van der Waals surface area contributed by atoms with E-state index in [0.717, 1.165) is 17.8 Å². The van der Waals surface area contributed by atoms with Gasteiger partial charge in [-0.25, -0.2) is 4.68 Å². The zero-order valence-corrected chi connectivity index (χ0v) is 11.5. The molecule has 0 atom stereocenters. The number of anilines is 1. The maximum atomic E-state index is 11.9. The van der Waals surface area contributed by atoms with Gasteiger partial charge < -0.3 is 11.1 Å². The molecule has 2 aromatic rings. The molecule has 2 rings (SSSR count). The molecule has 1 aromatic heterocycles. The van der Waals surface area contributed by atoms with Crippen LogP contribution in [0.2, 0.25) is 0 Å². The van der Waals surface area contributed by atoms with E-state index < -0.39 is 0 Å². The number of carbonyl (C=O) groups excluding carboxylic acids is 1. The number of amides is 1. The first kappa shape index (κ1) is 14.2. The molecule has 1 aromatic carbocycles. The van der Waals surface area contributed by atoms with Gasteiger partial charge in [-0.3, -0.25) is 4.79 Å². The SMILES string of the molecule is CCc1ccc(NC(=O)Cn2cc(CCN)nn2)cc1. The molecule has 0 fully saturated rings. The van der Waals surface area contributed by atoms with E-state index in [2.05, 4.69) is 22.6 Å². The fourth-order valence-corrected chi connectivity index (χ4v) is 1.85. The molecule has 0 bridgehead atoms. The normalized spacial score (nSPS) is 10.5. The maximum Gasteiger partial charge on any atom is 0.246 e. The molecule has 0 radical (unpaired) electrons. The second-order valence-electron chi connectivity index (χ2n) is 4.54. The van der Waals surface area contributed by atoms with E-state index in [9.17, 15) is 4.79 Å². The third-order valence-electron chi connectivity index (χ3n) is 2.94. The first-order chi connectivity index (χ1) is 9.71. The molecule has 0 saturated heterocycles. The number of hydrogen-bond donors (Lipinski definition) is 2. The Balaban J connectivity index is 1.90. The van der Waals surface area contributed by atoms with Gasteiger partial charge in [0.05, 0.1) is 5.69 Å². The fourth-order valence-electron chi connectivity index (χ4n) is 1.85. The summed E-state index contributed by atoms with van der Waals surface area (Å²) in [7, 11) is 0. The highest BCUT2D eigenvalue weighted by molar-refractivity contribution is 5.90. The van der Waals surface area contributed by atoms with Gasteiger partial charge in [0.1, 0.15) is 6.54 Å². The second-order valence-corrected chi connectivity index (χ2v) is 4.54. The maximum absolute atomic E-state index is 11.9. The quantitative estimate of drug-likeness (QED) is 0.821. The summed E-state index contributed by atoms with van der Waals surface area (Å²) >= 11 is 0. The molecule has 0 aliphatic carbocycles. The number of nitrogens with two attached hydrogens (primary N) is 1. The Kier molecular flexibility index (Phi) is 4.84.